The minimum Gasteiger partial charge on any atom is -0.397 e. The zero-order valence-electron chi connectivity index (χ0n) is 9.73. The van der Waals surface area contributed by atoms with Crippen molar-refractivity contribution in [2.45, 2.75) is 6.18 Å². The second-order valence-corrected chi connectivity index (χ2v) is 5.36. The molecular weight excluding hydrogens is 334 g/mol. The molecule has 0 radical (unpaired) electrons. The van der Waals surface area contributed by atoms with Gasteiger partial charge >= 0.3 is 6.18 Å². The van der Waals surface area contributed by atoms with Gasteiger partial charge in [0.1, 0.15) is 0 Å². The molecule has 106 valence electrons. The van der Waals surface area contributed by atoms with Gasteiger partial charge in [-0.2, -0.15) is 13.2 Å². The number of halogens is 6. The Morgan fingerprint density at radius 1 is 0.800 bits per heavy atom. The summed E-state index contributed by atoms with van der Waals surface area (Å²) in [6.07, 6.45) is -4.59. The highest BCUT2D eigenvalue weighted by Gasteiger charge is 2.34. The molecule has 2 aromatic carbocycles. The molecule has 2 N–H and O–H groups in total. The van der Waals surface area contributed by atoms with Crippen LogP contribution >= 0.6 is 34.8 Å². The number of anilines is 1. The highest BCUT2D eigenvalue weighted by molar-refractivity contribution is 6.35. The van der Waals surface area contributed by atoms with E-state index in [0.717, 1.165) is 6.07 Å². The van der Waals surface area contributed by atoms with E-state index in [1.165, 1.54) is 24.3 Å². The first-order valence-corrected chi connectivity index (χ1v) is 6.44. The molecule has 0 saturated carbocycles. The topological polar surface area (TPSA) is 26.0 Å². The molecule has 0 heterocycles. The predicted molar refractivity (Wildman–Crippen MR) is 76.3 cm³/mol. The number of benzene rings is 2. The summed E-state index contributed by atoms with van der Waals surface area (Å²) >= 11 is 17.4. The average Bonchev–Trinajstić information content (AvgIpc) is 2.29. The summed E-state index contributed by atoms with van der Waals surface area (Å²) in [5, 5.41) is 0.453. The number of rotatable bonds is 1. The van der Waals surface area contributed by atoms with Crippen LogP contribution in [0.1, 0.15) is 5.56 Å². The van der Waals surface area contributed by atoms with E-state index < -0.39 is 17.4 Å². The van der Waals surface area contributed by atoms with Crippen molar-refractivity contribution in [2.75, 3.05) is 5.73 Å². The molecule has 0 aromatic heterocycles. The SMILES string of the molecule is Nc1c(Cl)cc(-c2cc(Cl)cc(Cl)c2)cc1C(F)(F)F. The minimum absolute atomic E-state index is 0.175. The average molecular weight is 341 g/mol. The van der Waals surface area contributed by atoms with E-state index in [9.17, 15) is 13.2 Å². The fourth-order valence-corrected chi connectivity index (χ4v) is 2.48. The Morgan fingerprint density at radius 3 is 1.80 bits per heavy atom. The maximum atomic E-state index is 12.9. The smallest absolute Gasteiger partial charge is 0.397 e. The van der Waals surface area contributed by atoms with Crippen molar-refractivity contribution in [3.05, 3.63) is 51.0 Å². The number of hydrogen-bond acceptors (Lipinski definition) is 1. The van der Waals surface area contributed by atoms with Crippen LogP contribution in [0.3, 0.4) is 0 Å². The molecule has 7 heteroatoms. The van der Waals surface area contributed by atoms with Gasteiger partial charge in [0.15, 0.2) is 0 Å². The van der Waals surface area contributed by atoms with Gasteiger partial charge in [-0.25, -0.2) is 0 Å². The van der Waals surface area contributed by atoms with E-state index in [2.05, 4.69) is 0 Å². The fraction of sp³-hybridized carbons (Fsp3) is 0.0769. The lowest BCUT2D eigenvalue weighted by atomic mass is 10.0. The highest BCUT2D eigenvalue weighted by Crippen LogP contribution is 2.40. The lowest BCUT2D eigenvalue weighted by Crippen LogP contribution is -2.09. The van der Waals surface area contributed by atoms with Gasteiger partial charge in [0.05, 0.1) is 16.3 Å². The van der Waals surface area contributed by atoms with Crippen molar-refractivity contribution in [3.8, 4) is 11.1 Å². The lowest BCUT2D eigenvalue weighted by Gasteiger charge is -2.14. The molecule has 20 heavy (non-hydrogen) atoms. The highest BCUT2D eigenvalue weighted by atomic mass is 35.5. The van der Waals surface area contributed by atoms with Crippen LogP contribution < -0.4 is 5.73 Å². The summed E-state index contributed by atoms with van der Waals surface area (Å²) in [6.45, 7) is 0. The Hall–Kier alpha value is -1.10. The molecular formula is C13H7Cl3F3N. The van der Waals surface area contributed by atoms with Crippen LogP contribution in [0, 0.1) is 0 Å². The van der Waals surface area contributed by atoms with Crippen LogP contribution in [0.4, 0.5) is 18.9 Å². The van der Waals surface area contributed by atoms with Gasteiger partial charge in [-0.15, -0.1) is 0 Å². The quantitative estimate of drug-likeness (QED) is 0.641. The summed E-state index contributed by atoms with van der Waals surface area (Å²) in [5.74, 6) is 0. The predicted octanol–water partition coefficient (Wildman–Crippen LogP) is 5.91. The molecule has 0 amide bonds. The number of alkyl halides is 3. The second-order valence-electron chi connectivity index (χ2n) is 4.08. The fourth-order valence-electron chi connectivity index (χ4n) is 1.74. The first-order valence-electron chi connectivity index (χ1n) is 5.31. The van der Waals surface area contributed by atoms with Crippen molar-refractivity contribution in [1.29, 1.82) is 0 Å². The monoisotopic (exact) mass is 339 g/mol. The van der Waals surface area contributed by atoms with E-state index in [1.54, 1.807) is 0 Å². The molecule has 1 nitrogen and oxygen atoms in total. The Labute approximate surface area is 128 Å². The van der Waals surface area contributed by atoms with Gasteiger partial charge in [0, 0.05) is 10.0 Å². The van der Waals surface area contributed by atoms with E-state index in [1.807, 2.05) is 0 Å². The summed E-state index contributed by atoms with van der Waals surface area (Å²) in [7, 11) is 0. The summed E-state index contributed by atoms with van der Waals surface area (Å²) in [5.41, 5.74) is 4.54. The molecule has 2 aromatic rings. The van der Waals surface area contributed by atoms with E-state index in [0.29, 0.717) is 15.6 Å². The standard InChI is InChI=1S/C13H7Cl3F3N/c14-8-1-6(2-9(15)5-8)7-3-10(13(17,18)19)12(20)11(16)4-7/h1-5H,20H2. The Morgan fingerprint density at radius 2 is 1.30 bits per heavy atom. The lowest BCUT2D eigenvalue weighted by molar-refractivity contribution is -0.136. The molecule has 0 fully saturated rings. The zero-order chi connectivity index (χ0) is 15.1. The number of nitrogens with two attached hydrogens (primary N) is 1. The molecule has 0 aliphatic heterocycles. The second kappa shape index (κ2) is 5.35. The first-order chi connectivity index (χ1) is 9.18. The first kappa shape index (κ1) is 15.3. The third kappa shape index (κ3) is 3.14. The van der Waals surface area contributed by atoms with Gasteiger partial charge in [0.25, 0.3) is 0 Å². The van der Waals surface area contributed by atoms with Crippen molar-refractivity contribution in [1.82, 2.24) is 0 Å². The maximum absolute atomic E-state index is 12.9. The van der Waals surface area contributed by atoms with E-state index in [4.69, 9.17) is 40.5 Å². The normalized spacial score (nSPS) is 11.7. The Kier molecular flexibility index (Phi) is 4.09. The van der Waals surface area contributed by atoms with Crippen molar-refractivity contribution < 1.29 is 13.2 Å². The summed E-state index contributed by atoms with van der Waals surface area (Å²) in [6, 6.07) is 6.73. The minimum atomic E-state index is -4.59. The van der Waals surface area contributed by atoms with Gasteiger partial charge in [-0.1, -0.05) is 34.8 Å². The van der Waals surface area contributed by atoms with Gasteiger partial charge in [-0.05, 0) is 41.5 Å². The zero-order valence-corrected chi connectivity index (χ0v) is 12.0. The van der Waals surface area contributed by atoms with E-state index >= 15 is 0 Å². The van der Waals surface area contributed by atoms with Crippen molar-refractivity contribution >= 4 is 40.5 Å². The van der Waals surface area contributed by atoms with Crippen molar-refractivity contribution in [2.24, 2.45) is 0 Å². The van der Waals surface area contributed by atoms with Crippen LogP contribution in [0.25, 0.3) is 11.1 Å². The van der Waals surface area contributed by atoms with E-state index in [-0.39, 0.29) is 10.6 Å². The van der Waals surface area contributed by atoms with Crippen molar-refractivity contribution in [3.63, 3.8) is 0 Å². The molecule has 0 bridgehead atoms. The molecule has 0 atom stereocenters. The molecule has 2 rings (SSSR count). The van der Waals surface area contributed by atoms with Gasteiger partial charge < -0.3 is 5.73 Å². The third-order valence-electron chi connectivity index (χ3n) is 2.63. The number of hydrogen-bond donors (Lipinski definition) is 1. The molecule has 0 unspecified atom stereocenters. The summed E-state index contributed by atoms with van der Waals surface area (Å²) < 4.78 is 38.7. The summed E-state index contributed by atoms with van der Waals surface area (Å²) in [4.78, 5) is 0. The molecule has 0 saturated heterocycles. The van der Waals surface area contributed by atoms with Crippen LogP contribution in [0.2, 0.25) is 15.1 Å². The molecule has 0 aliphatic rings. The third-order valence-corrected chi connectivity index (χ3v) is 3.38. The van der Waals surface area contributed by atoms with Crippen LogP contribution in [0.5, 0.6) is 0 Å². The van der Waals surface area contributed by atoms with Crippen LogP contribution in [-0.4, -0.2) is 0 Å². The van der Waals surface area contributed by atoms with Crippen LogP contribution in [0.15, 0.2) is 30.3 Å². The molecule has 0 spiro atoms. The van der Waals surface area contributed by atoms with Crippen LogP contribution in [-0.2, 0) is 6.18 Å². The Bertz CT molecular complexity index is 648. The largest absolute Gasteiger partial charge is 0.418 e. The maximum Gasteiger partial charge on any atom is 0.418 e. The Balaban J connectivity index is 2.67. The van der Waals surface area contributed by atoms with Gasteiger partial charge in [-0.3, -0.25) is 0 Å². The van der Waals surface area contributed by atoms with Gasteiger partial charge in [0.2, 0.25) is 0 Å². The molecule has 0 aliphatic carbocycles. The number of nitrogen functional groups attached to an aromatic ring is 1.